The van der Waals surface area contributed by atoms with Crippen LogP contribution >= 0.6 is 0 Å². The quantitative estimate of drug-likeness (QED) is 0.676. The average molecular weight is 387 g/mol. The molecule has 27 heavy (non-hydrogen) atoms. The van der Waals surface area contributed by atoms with Crippen LogP contribution < -0.4 is 5.32 Å². The number of imidazole rings is 1. The lowest BCUT2D eigenvalue weighted by Gasteiger charge is -2.09. The van der Waals surface area contributed by atoms with E-state index in [2.05, 4.69) is 10.3 Å². The third-order valence-corrected chi connectivity index (χ3v) is 5.25. The summed E-state index contributed by atoms with van der Waals surface area (Å²) in [5.74, 6) is -2.20. The van der Waals surface area contributed by atoms with Crippen molar-refractivity contribution in [2.45, 2.75) is 12.3 Å². The van der Waals surface area contributed by atoms with E-state index < -0.39 is 27.3 Å². The number of anilines is 1. The van der Waals surface area contributed by atoms with Crippen molar-refractivity contribution in [2.24, 2.45) is 0 Å². The van der Waals surface area contributed by atoms with Crippen LogP contribution in [0, 0.1) is 5.82 Å². The van der Waals surface area contributed by atoms with Crippen molar-refractivity contribution in [3.05, 3.63) is 84.2 Å². The highest BCUT2D eigenvalue weighted by molar-refractivity contribution is 7.91. The van der Waals surface area contributed by atoms with E-state index in [0.29, 0.717) is 12.4 Å². The van der Waals surface area contributed by atoms with E-state index in [1.54, 1.807) is 16.8 Å². The molecule has 1 N–H and O–H groups in total. The first-order valence-electron chi connectivity index (χ1n) is 8.22. The molecule has 0 fully saturated rings. The molecule has 0 aliphatic carbocycles. The second-order valence-corrected chi connectivity index (χ2v) is 8.08. The number of carbonyl (C=O) groups is 1. The van der Waals surface area contributed by atoms with Gasteiger partial charge >= 0.3 is 0 Å². The van der Waals surface area contributed by atoms with Gasteiger partial charge < -0.3 is 9.88 Å². The molecule has 0 unspecified atom stereocenters. The van der Waals surface area contributed by atoms with Crippen molar-refractivity contribution in [2.75, 3.05) is 11.1 Å². The summed E-state index contributed by atoms with van der Waals surface area (Å²) in [6.45, 7) is 0.479. The second-order valence-electron chi connectivity index (χ2n) is 6.02. The van der Waals surface area contributed by atoms with E-state index in [9.17, 15) is 17.6 Å². The standard InChI is InChI=1S/C19H18FN3O3S/c20-16-8-4-5-9-17(16)22-19(24)14-27(25,26)13-18-21-10-11-23(18)12-15-6-2-1-3-7-15/h1-11H,12-14H2,(H,22,24). The van der Waals surface area contributed by atoms with Crippen molar-refractivity contribution in [1.82, 2.24) is 9.55 Å². The summed E-state index contributed by atoms with van der Waals surface area (Å²) in [5, 5.41) is 2.28. The normalized spacial score (nSPS) is 11.3. The highest BCUT2D eigenvalue weighted by atomic mass is 32.2. The van der Waals surface area contributed by atoms with Gasteiger partial charge in [0.25, 0.3) is 0 Å². The number of carbonyl (C=O) groups excluding carboxylic acids is 1. The smallest absolute Gasteiger partial charge is 0.239 e. The summed E-state index contributed by atoms with van der Waals surface area (Å²) in [5.41, 5.74) is 0.953. The van der Waals surface area contributed by atoms with Gasteiger partial charge in [-0.25, -0.2) is 17.8 Å². The summed E-state index contributed by atoms with van der Waals surface area (Å²) >= 11 is 0. The first-order chi connectivity index (χ1) is 12.9. The third-order valence-electron chi connectivity index (χ3n) is 3.85. The Morgan fingerprint density at radius 3 is 2.52 bits per heavy atom. The van der Waals surface area contributed by atoms with Gasteiger partial charge in [0.05, 0.1) is 5.69 Å². The van der Waals surface area contributed by atoms with E-state index in [1.807, 2.05) is 30.3 Å². The van der Waals surface area contributed by atoms with Crippen molar-refractivity contribution in [3.63, 3.8) is 0 Å². The molecule has 0 atom stereocenters. The molecule has 0 saturated carbocycles. The number of para-hydroxylation sites is 1. The summed E-state index contributed by atoms with van der Waals surface area (Å²) in [4.78, 5) is 16.1. The summed E-state index contributed by atoms with van der Waals surface area (Å²) in [6.07, 6.45) is 3.21. The van der Waals surface area contributed by atoms with E-state index >= 15 is 0 Å². The first kappa shape index (κ1) is 18.8. The van der Waals surface area contributed by atoms with E-state index in [0.717, 1.165) is 5.56 Å². The van der Waals surface area contributed by atoms with Crippen LogP contribution in [0.5, 0.6) is 0 Å². The van der Waals surface area contributed by atoms with E-state index in [4.69, 9.17) is 0 Å². The number of halogens is 1. The Labute approximate surface area is 156 Å². The minimum Gasteiger partial charge on any atom is -0.330 e. The Morgan fingerprint density at radius 2 is 1.78 bits per heavy atom. The maximum absolute atomic E-state index is 13.6. The van der Waals surface area contributed by atoms with Gasteiger partial charge in [-0.15, -0.1) is 0 Å². The molecule has 0 bridgehead atoms. The zero-order valence-corrected chi connectivity index (χ0v) is 15.2. The van der Waals surface area contributed by atoms with Crippen LogP contribution in [0.3, 0.4) is 0 Å². The molecule has 0 radical (unpaired) electrons. The lowest BCUT2D eigenvalue weighted by atomic mass is 10.2. The van der Waals surface area contributed by atoms with Gasteiger partial charge in [0.15, 0.2) is 9.84 Å². The van der Waals surface area contributed by atoms with Gasteiger partial charge in [-0.1, -0.05) is 42.5 Å². The Balaban J connectivity index is 1.66. The average Bonchev–Trinajstić information content (AvgIpc) is 3.03. The zero-order chi connectivity index (χ0) is 19.3. The molecule has 1 aromatic heterocycles. The predicted octanol–water partition coefficient (Wildman–Crippen LogP) is 2.62. The first-order valence-corrected chi connectivity index (χ1v) is 10.0. The number of benzene rings is 2. The lowest BCUT2D eigenvalue weighted by Crippen LogP contribution is -2.25. The third kappa shape index (κ3) is 5.24. The summed E-state index contributed by atoms with van der Waals surface area (Å²) in [7, 11) is -3.77. The highest BCUT2D eigenvalue weighted by Gasteiger charge is 2.21. The Bertz CT molecular complexity index is 1030. The SMILES string of the molecule is O=C(CS(=O)(=O)Cc1nccn1Cc1ccccc1)Nc1ccccc1F. The second kappa shape index (κ2) is 8.13. The maximum Gasteiger partial charge on any atom is 0.239 e. The molecule has 0 spiro atoms. The Morgan fingerprint density at radius 1 is 1.07 bits per heavy atom. The molecule has 0 aliphatic rings. The number of nitrogens with one attached hydrogen (secondary N) is 1. The fourth-order valence-electron chi connectivity index (χ4n) is 2.60. The molecular formula is C19H18FN3O3S. The van der Waals surface area contributed by atoms with Crippen molar-refractivity contribution >= 4 is 21.4 Å². The van der Waals surface area contributed by atoms with E-state index in [1.165, 1.54) is 24.4 Å². The fraction of sp³-hybridized carbons (Fsp3) is 0.158. The predicted molar refractivity (Wildman–Crippen MR) is 100 cm³/mol. The van der Waals surface area contributed by atoms with Crippen LogP contribution in [-0.4, -0.2) is 29.6 Å². The molecule has 3 rings (SSSR count). The molecular weight excluding hydrogens is 369 g/mol. The van der Waals surface area contributed by atoms with Gasteiger partial charge in [-0.3, -0.25) is 4.79 Å². The number of aromatic nitrogens is 2. The molecule has 140 valence electrons. The monoisotopic (exact) mass is 387 g/mol. The van der Waals surface area contributed by atoms with Gasteiger partial charge in [0, 0.05) is 18.9 Å². The number of nitrogens with zero attached hydrogens (tertiary/aromatic N) is 2. The van der Waals surface area contributed by atoms with Crippen molar-refractivity contribution in [3.8, 4) is 0 Å². The van der Waals surface area contributed by atoms with Crippen molar-refractivity contribution < 1.29 is 17.6 Å². The lowest BCUT2D eigenvalue weighted by molar-refractivity contribution is -0.113. The van der Waals surface area contributed by atoms with Crippen LogP contribution in [0.1, 0.15) is 11.4 Å². The molecule has 8 heteroatoms. The molecule has 1 heterocycles. The Hall–Kier alpha value is -3.00. The maximum atomic E-state index is 13.6. The topological polar surface area (TPSA) is 81.1 Å². The molecule has 0 saturated heterocycles. The minimum atomic E-state index is -3.77. The van der Waals surface area contributed by atoms with Crippen LogP contribution in [0.4, 0.5) is 10.1 Å². The van der Waals surface area contributed by atoms with E-state index in [-0.39, 0.29) is 11.4 Å². The molecule has 1 amide bonds. The number of sulfone groups is 1. The molecule has 2 aromatic carbocycles. The van der Waals surface area contributed by atoms with Crippen molar-refractivity contribution in [1.29, 1.82) is 0 Å². The number of hydrogen-bond donors (Lipinski definition) is 1. The fourth-order valence-corrected chi connectivity index (χ4v) is 3.81. The van der Waals surface area contributed by atoms with Gasteiger partial charge in [-0.2, -0.15) is 0 Å². The Kier molecular flexibility index (Phi) is 5.66. The van der Waals surface area contributed by atoms with Crippen LogP contribution in [-0.2, 0) is 26.9 Å². The summed E-state index contributed by atoms with van der Waals surface area (Å²) in [6, 6.07) is 15.1. The van der Waals surface area contributed by atoms with Crippen LogP contribution in [0.25, 0.3) is 0 Å². The number of rotatable bonds is 7. The van der Waals surface area contributed by atoms with Crippen LogP contribution in [0.15, 0.2) is 67.0 Å². The van der Waals surface area contributed by atoms with Gasteiger partial charge in [0.1, 0.15) is 23.1 Å². The largest absolute Gasteiger partial charge is 0.330 e. The van der Waals surface area contributed by atoms with Crippen LogP contribution in [0.2, 0.25) is 0 Å². The minimum absolute atomic E-state index is 0.0525. The highest BCUT2D eigenvalue weighted by Crippen LogP contribution is 2.13. The summed E-state index contributed by atoms with van der Waals surface area (Å²) < 4.78 is 40.1. The molecule has 3 aromatic rings. The van der Waals surface area contributed by atoms with Gasteiger partial charge in [0.2, 0.25) is 5.91 Å². The molecule has 6 nitrogen and oxygen atoms in total. The zero-order valence-electron chi connectivity index (χ0n) is 14.4. The number of amides is 1. The number of hydrogen-bond acceptors (Lipinski definition) is 4. The van der Waals surface area contributed by atoms with Gasteiger partial charge in [-0.05, 0) is 17.7 Å². The molecule has 0 aliphatic heterocycles.